The lowest BCUT2D eigenvalue weighted by Crippen LogP contribution is -2.46. The zero-order valence-electron chi connectivity index (χ0n) is 18.4. The second-order valence-electron chi connectivity index (χ2n) is 8.93. The van der Waals surface area contributed by atoms with Crippen LogP contribution in [0, 0.1) is 5.92 Å². The highest BCUT2D eigenvalue weighted by Crippen LogP contribution is 2.31. The third kappa shape index (κ3) is 6.38. The number of nitrogens with two attached hydrogens (primary N) is 1. The van der Waals surface area contributed by atoms with Crippen molar-refractivity contribution in [2.24, 2.45) is 11.7 Å². The second kappa shape index (κ2) is 10.7. The Morgan fingerprint density at radius 2 is 2.06 bits per heavy atom. The molecule has 1 aliphatic carbocycles. The van der Waals surface area contributed by atoms with E-state index < -0.39 is 0 Å². The molecule has 2 aromatic rings. The highest BCUT2D eigenvalue weighted by atomic mass is 32.1. The smallest absolute Gasteiger partial charge is 0.183 e. The van der Waals surface area contributed by atoms with Crippen molar-refractivity contribution in [1.82, 2.24) is 9.97 Å². The SMILES string of the molecule is COCCC1(N)CCC(Nc2cc(-c3csc(NCC4CCOCC4)n3)ccn2)CC1. The summed E-state index contributed by atoms with van der Waals surface area (Å²) in [5, 5.41) is 10.2. The Morgan fingerprint density at radius 3 is 2.84 bits per heavy atom. The van der Waals surface area contributed by atoms with Crippen molar-refractivity contribution < 1.29 is 9.47 Å². The van der Waals surface area contributed by atoms with Crippen LogP contribution in [-0.2, 0) is 9.47 Å². The monoisotopic (exact) mass is 445 g/mol. The summed E-state index contributed by atoms with van der Waals surface area (Å²) in [5.41, 5.74) is 8.54. The zero-order valence-corrected chi connectivity index (χ0v) is 19.3. The van der Waals surface area contributed by atoms with Gasteiger partial charge in [0.2, 0.25) is 0 Å². The molecule has 4 rings (SSSR count). The van der Waals surface area contributed by atoms with E-state index in [1.807, 2.05) is 12.3 Å². The third-order valence-corrected chi connectivity index (χ3v) is 7.38. The van der Waals surface area contributed by atoms with Crippen molar-refractivity contribution >= 4 is 22.3 Å². The minimum absolute atomic E-state index is 0.0852. The van der Waals surface area contributed by atoms with Crippen molar-refractivity contribution in [3.05, 3.63) is 23.7 Å². The molecule has 0 amide bonds. The molecule has 170 valence electrons. The van der Waals surface area contributed by atoms with Gasteiger partial charge in [-0.3, -0.25) is 0 Å². The van der Waals surface area contributed by atoms with Gasteiger partial charge >= 0.3 is 0 Å². The van der Waals surface area contributed by atoms with Gasteiger partial charge in [-0.05, 0) is 63.0 Å². The number of nitrogens with zero attached hydrogens (tertiary/aromatic N) is 2. The normalized spacial score (nSPS) is 24.8. The predicted molar refractivity (Wildman–Crippen MR) is 127 cm³/mol. The molecule has 8 heteroatoms. The molecular formula is C23H35N5O2S. The molecule has 1 saturated heterocycles. The second-order valence-corrected chi connectivity index (χ2v) is 9.79. The average Bonchev–Trinajstić information content (AvgIpc) is 3.28. The first-order chi connectivity index (χ1) is 15.1. The van der Waals surface area contributed by atoms with Gasteiger partial charge in [0.1, 0.15) is 5.82 Å². The van der Waals surface area contributed by atoms with Crippen molar-refractivity contribution in [1.29, 1.82) is 0 Å². The number of nitrogens with one attached hydrogen (secondary N) is 2. The Hall–Kier alpha value is -1.74. The molecule has 2 fully saturated rings. The summed E-state index contributed by atoms with van der Waals surface area (Å²) in [6, 6.07) is 4.54. The van der Waals surface area contributed by atoms with E-state index >= 15 is 0 Å². The van der Waals surface area contributed by atoms with E-state index in [0.29, 0.717) is 12.0 Å². The number of anilines is 2. The van der Waals surface area contributed by atoms with Gasteiger partial charge in [-0.25, -0.2) is 9.97 Å². The summed E-state index contributed by atoms with van der Waals surface area (Å²) in [6.07, 6.45) is 9.20. The van der Waals surface area contributed by atoms with Crippen LogP contribution in [0.1, 0.15) is 44.9 Å². The van der Waals surface area contributed by atoms with E-state index in [1.54, 1.807) is 18.4 Å². The zero-order chi connectivity index (χ0) is 21.5. The highest BCUT2D eigenvalue weighted by Gasteiger charge is 2.31. The molecule has 0 spiro atoms. The van der Waals surface area contributed by atoms with Gasteiger partial charge < -0.3 is 25.8 Å². The summed E-state index contributed by atoms with van der Waals surface area (Å²) in [5.74, 6) is 1.59. The number of pyridine rings is 1. The molecule has 7 nitrogen and oxygen atoms in total. The maximum Gasteiger partial charge on any atom is 0.183 e. The number of aromatic nitrogens is 2. The summed E-state index contributed by atoms with van der Waals surface area (Å²) in [4.78, 5) is 9.33. The van der Waals surface area contributed by atoms with Gasteiger partial charge in [-0.1, -0.05) is 0 Å². The van der Waals surface area contributed by atoms with E-state index in [1.165, 1.54) is 0 Å². The number of ether oxygens (including phenoxy) is 2. The van der Waals surface area contributed by atoms with Crippen LogP contribution in [0.15, 0.2) is 23.7 Å². The van der Waals surface area contributed by atoms with Crippen LogP contribution in [-0.4, -0.2) is 55.0 Å². The van der Waals surface area contributed by atoms with Gasteiger partial charge in [-0.15, -0.1) is 11.3 Å². The highest BCUT2D eigenvalue weighted by molar-refractivity contribution is 7.14. The lowest BCUT2D eigenvalue weighted by atomic mass is 9.78. The van der Waals surface area contributed by atoms with Crippen LogP contribution in [0.5, 0.6) is 0 Å². The average molecular weight is 446 g/mol. The van der Waals surface area contributed by atoms with Crippen molar-refractivity contribution in [2.75, 3.05) is 44.1 Å². The Labute approximate surface area is 189 Å². The van der Waals surface area contributed by atoms with Crippen molar-refractivity contribution in [3.63, 3.8) is 0 Å². The van der Waals surface area contributed by atoms with Gasteiger partial charge in [0.25, 0.3) is 0 Å². The Bertz CT molecular complexity index is 816. The van der Waals surface area contributed by atoms with Gasteiger partial charge in [0, 0.05) is 62.2 Å². The number of hydrogen-bond acceptors (Lipinski definition) is 8. The van der Waals surface area contributed by atoms with E-state index in [4.69, 9.17) is 20.2 Å². The predicted octanol–water partition coefficient (Wildman–Crippen LogP) is 4.13. The van der Waals surface area contributed by atoms with Crippen LogP contribution in [0.3, 0.4) is 0 Å². The van der Waals surface area contributed by atoms with Gasteiger partial charge in [-0.2, -0.15) is 0 Å². The minimum atomic E-state index is -0.0852. The first-order valence-corrected chi connectivity index (χ1v) is 12.3. The van der Waals surface area contributed by atoms with Crippen LogP contribution in [0.2, 0.25) is 0 Å². The summed E-state index contributed by atoms with van der Waals surface area (Å²) >= 11 is 1.66. The van der Waals surface area contributed by atoms with Crippen molar-refractivity contribution in [2.45, 2.75) is 56.5 Å². The molecule has 4 N–H and O–H groups in total. The lowest BCUT2D eigenvalue weighted by molar-refractivity contribution is 0.0699. The molecule has 1 saturated carbocycles. The number of rotatable bonds is 9. The number of thiazole rings is 1. The summed E-state index contributed by atoms with van der Waals surface area (Å²) in [6.45, 7) is 3.46. The molecule has 0 bridgehead atoms. The fourth-order valence-corrected chi connectivity index (χ4v) is 5.17. The standard InChI is InChI=1S/C23H35N5O2S/c1-29-13-9-23(24)7-2-19(3-8-23)27-21-14-18(4-10-25-21)20-16-31-22(28-20)26-15-17-5-11-30-12-6-17/h4,10,14,16-17,19H,2-3,5-9,11-13,15,24H2,1H3,(H,25,27)(H,26,28). The molecule has 2 aromatic heterocycles. The molecule has 0 atom stereocenters. The summed E-state index contributed by atoms with van der Waals surface area (Å²) < 4.78 is 10.7. The van der Waals surface area contributed by atoms with E-state index in [-0.39, 0.29) is 5.54 Å². The van der Waals surface area contributed by atoms with E-state index in [2.05, 4.69) is 27.1 Å². The lowest BCUT2D eigenvalue weighted by Gasteiger charge is -2.37. The molecular weight excluding hydrogens is 410 g/mol. The number of methoxy groups -OCH3 is 1. The van der Waals surface area contributed by atoms with Crippen LogP contribution in [0.25, 0.3) is 11.3 Å². The molecule has 0 radical (unpaired) electrons. The molecule has 0 unspecified atom stereocenters. The van der Waals surface area contributed by atoms with Crippen LogP contribution < -0.4 is 16.4 Å². The first-order valence-electron chi connectivity index (χ1n) is 11.4. The quantitative estimate of drug-likeness (QED) is 0.534. The molecule has 1 aliphatic heterocycles. The van der Waals surface area contributed by atoms with Crippen LogP contribution >= 0.6 is 11.3 Å². The van der Waals surface area contributed by atoms with Crippen molar-refractivity contribution in [3.8, 4) is 11.3 Å². The van der Waals surface area contributed by atoms with Gasteiger partial charge in [0.15, 0.2) is 5.13 Å². The molecule has 2 aliphatic rings. The Balaban J connectivity index is 1.30. The maximum absolute atomic E-state index is 6.53. The third-order valence-electron chi connectivity index (χ3n) is 6.58. The van der Waals surface area contributed by atoms with Crippen LogP contribution in [0.4, 0.5) is 10.9 Å². The topological polar surface area (TPSA) is 94.3 Å². The Morgan fingerprint density at radius 1 is 1.26 bits per heavy atom. The molecule has 31 heavy (non-hydrogen) atoms. The van der Waals surface area contributed by atoms with E-state index in [9.17, 15) is 0 Å². The maximum atomic E-state index is 6.53. The fraction of sp³-hybridized carbons (Fsp3) is 0.652. The fourth-order valence-electron chi connectivity index (χ4n) is 4.44. The van der Waals surface area contributed by atoms with E-state index in [0.717, 1.165) is 93.5 Å². The first kappa shape index (κ1) is 22.5. The summed E-state index contributed by atoms with van der Waals surface area (Å²) in [7, 11) is 1.74. The minimum Gasteiger partial charge on any atom is -0.385 e. The molecule has 3 heterocycles. The van der Waals surface area contributed by atoms with Gasteiger partial charge in [0.05, 0.1) is 5.69 Å². The molecule has 0 aromatic carbocycles. The Kier molecular flexibility index (Phi) is 7.76. The largest absolute Gasteiger partial charge is 0.385 e. The number of hydrogen-bond donors (Lipinski definition) is 3.